The summed E-state index contributed by atoms with van der Waals surface area (Å²) in [5.41, 5.74) is 5.46. The molecule has 0 radical (unpaired) electrons. The molecule has 20 heteroatoms. The van der Waals surface area contributed by atoms with Crippen LogP contribution in [0, 0.1) is 0 Å². The molecule has 1 aliphatic carbocycles. The third-order valence-corrected chi connectivity index (χ3v) is 7.78. The van der Waals surface area contributed by atoms with Gasteiger partial charge >= 0.3 is 12.7 Å². The van der Waals surface area contributed by atoms with E-state index >= 15 is 0 Å². The normalized spacial score (nSPS) is 13.4. The van der Waals surface area contributed by atoms with Gasteiger partial charge in [-0.3, -0.25) is 14.4 Å². The Labute approximate surface area is 304 Å². The van der Waals surface area contributed by atoms with Crippen molar-refractivity contribution in [2.45, 2.75) is 26.1 Å². The van der Waals surface area contributed by atoms with E-state index in [0.717, 1.165) is 24.3 Å². The number of hydrogen-bond acceptors (Lipinski definition) is 9. The maximum Gasteiger partial charge on any atom is 0.573 e. The van der Waals surface area contributed by atoms with Crippen LogP contribution in [0.15, 0.2) is 65.1 Å². The Kier molecular flexibility index (Phi) is 13.0. The van der Waals surface area contributed by atoms with Crippen LogP contribution in [0.1, 0.15) is 22.8 Å². The van der Waals surface area contributed by atoms with E-state index in [4.69, 9.17) is 61.6 Å². The van der Waals surface area contributed by atoms with Crippen molar-refractivity contribution in [1.82, 2.24) is 0 Å². The fraction of sp³-hybridized carbons (Fsp3) is 0.194. The summed E-state index contributed by atoms with van der Waals surface area (Å²) in [6.07, 6.45) is -9.85. The highest BCUT2D eigenvalue weighted by atomic mass is 35.5. The zero-order chi connectivity index (χ0) is 38.6. The minimum Gasteiger partial charge on any atom is -0.507 e. The molecule has 0 aliphatic heterocycles. The molecule has 4 rings (SSSR count). The summed E-state index contributed by atoms with van der Waals surface area (Å²) in [5.74, 6) is -4.12. The molecule has 0 bridgehead atoms. The number of nitrogen functional groups attached to an aromatic ring is 1. The third-order valence-electron chi connectivity index (χ3n) is 6.55. The van der Waals surface area contributed by atoms with Gasteiger partial charge in [0.2, 0.25) is 23.1 Å². The van der Waals surface area contributed by atoms with Gasteiger partial charge in [0.25, 0.3) is 5.91 Å². The number of anilines is 2. The molecule has 10 nitrogen and oxygen atoms in total. The lowest BCUT2D eigenvalue weighted by atomic mass is 9.88. The summed E-state index contributed by atoms with van der Waals surface area (Å²) < 4.78 is 90.1. The summed E-state index contributed by atoms with van der Waals surface area (Å²) in [4.78, 5) is 38.4. The topological polar surface area (TPSA) is 146 Å². The molecule has 0 fully saturated rings. The van der Waals surface area contributed by atoms with Gasteiger partial charge in [0.05, 0.1) is 51.2 Å². The third kappa shape index (κ3) is 10.5. The van der Waals surface area contributed by atoms with E-state index in [-0.39, 0.29) is 66.1 Å². The molecule has 3 aromatic rings. The molecule has 51 heavy (non-hydrogen) atoms. The molecular weight excluding hydrogens is 784 g/mol. The Morgan fingerprint density at radius 3 is 1.69 bits per heavy atom. The van der Waals surface area contributed by atoms with Gasteiger partial charge < -0.3 is 35.1 Å². The largest absolute Gasteiger partial charge is 0.573 e. The predicted octanol–water partition coefficient (Wildman–Crippen LogP) is 8.84. The quantitative estimate of drug-likeness (QED) is 0.115. The molecule has 0 aromatic heterocycles. The number of ketones is 2. The fourth-order valence-corrected chi connectivity index (χ4v) is 5.31. The van der Waals surface area contributed by atoms with Crippen LogP contribution in [0.4, 0.5) is 37.7 Å². The van der Waals surface area contributed by atoms with E-state index in [2.05, 4.69) is 14.8 Å². The molecule has 0 unspecified atom stereocenters. The van der Waals surface area contributed by atoms with Crippen LogP contribution in [0.25, 0.3) is 0 Å². The number of Topliss-reactive ketones (excluding diaryl/α,β-unsaturated/α-hetero) is 2. The van der Waals surface area contributed by atoms with Crippen molar-refractivity contribution >= 4 is 75.3 Å². The molecule has 0 saturated heterocycles. The van der Waals surface area contributed by atoms with Crippen LogP contribution < -0.4 is 20.5 Å². The number of nitrogens with two attached hydrogens (primary N) is 1. The number of methoxy groups -OCH3 is 2. The lowest BCUT2D eigenvalue weighted by Gasteiger charge is -2.20. The maximum atomic E-state index is 12.9. The number of aromatic hydroxyl groups is 1. The zero-order valence-electron chi connectivity index (χ0n) is 25.9. The van der Waals surface area contributed by atoms with Crippen molar-refractivity contribution in [3.63, 3.8) is 0 Å². The molecule has 0 saturated carbocycles. The Morgan fingerprint density at radius 1 is 0.784 bits per heavy atom. The number of halogens is 10. The summed E-state index contributed by atoms with van der Waals surface area (Å²) in [6, 6.07) is 7.41. The number of nitrogens with one attached hydrogen (secondary N) is 1. The van der Waals surface area contributed by atoms with E-state index in [0.29, 0.717) is 5.56 Å². The summed E-state index contributed by atoms with van der Waals surface area (Å²) in [7, 11) is 2.46. The number of rotatable bonds is 8. The monoisotopic (exact) mass is 804 g/mol. The lowest BCUT2D eigenvalue weighted by molar-refractivity contribution is -0.275. The van der Waals surface area contributed by atoms with Gasteiger partial charge in [-0.15, -0.1) is 26.3 Å². The highest BCUT2D eigenvalue weighted by Gasteiger charge is 2.35. The lowest BCUT2D eigenvalue weighted by Crippen LogP contribution is -2.26. The number of allylic oxidation sites excluding steroid dienone is 2. The number of hydrogen-bond donors (Lipinski definition) is 3. The maximum absolute atomic E-state index is 12.9. The average Bonchev–Trinajstić information content (AvgIpc) is 3.00. The first-order chi connectivity index (χ1) is 23.6. The number of amides is 1. The van der Waals surface area contributed by atoms with Crippen molar-refractivity contribution in [3.8, 4) is 17.2 Å². The van der Waals surface area contributed by atoms with Crippen LogP contribution in [-0.4, -0.2) is 49.5 Å². The van der Waals surface area contributed by atoms with Crippen molar-refractivity contribution < 1.29 is 64.8 Å². The Bertz CT molecular complexity index is 1900. The molecule has 3 aromatic carbocycles. The first kappa shape index (κ1) is 40.9. The van der Waals surface area contributed by atoms with Crippen molar-refractivity contribution in [1.29, 1.82) is 0 Å². The molecule has 4 N–H and O–H groups in total. The summed E-state index contributed by atoms with van der Waals surface area (Å²) >= 11 is 22.9. The highest BCUT2D eigenvalue weighted by Crippen LogP contribution is 2.38. The van der Waals surface area contributed by atoms with Crippen molar-refractivity contribution in [2.75, 3.05) is 25.3 Å². The number of alkyl halides is 6. The number of ether oxygens (including phenoxy) is 4. The minimum absolute atomic E-state index is 0.0165. The first-order valence-corrected chi connectivity index (χ1v) is 15.1. The van der Waals surface area contributed by atoms with Gasteiger partial charge in [-0.05, 0) is 24.6 Å². The molecule has 0 heterocycles. The number of phenolic OH excluding ortho intramolecular Hbond substituents is 1. The van der Waals surface area contributed by atoms with E-state index in [1.54, 1.807) is 0 Å². The second kappa shape index (κ2) is 16.2. The molecule has 274 valence electrons. The Hall–Kier alpha value is -4.51. The summed E-state index contributed by atoms with van der Waals surface area (Å²) in [6.45, 7) is 1.45. The minimum atomic E-state index is -4.98. The van der Waals surface area contributed by atoms with E-state index in [1.165, 1.54) is 39.3 Å². The molecule has 1 aliphatic rings. The van der Waals surface area contributed by atoms with Crippen LogP contribution in [0.5, 0.6) is 17.2 Å². The van der Waals surface area contributed by atoms with E-state index in [1.807, 2.05) is 0 Å². The fourth-order valence-electron chi connectivity index (χ4n) is 4.28. The van der Waals surface area contributed by atoms with Gasteiger partial charge in [-0.2, -0.15) is 0 Å². The van der Waals surface area contributed by atoms with Gasteiger partial charge in [0, 0.05) is 41.8 Å². The molecular formula is C31H22Cl4F6N2O8. The van der Waals surface area contributed by atoms with Gasteiger partial charge in [-0.1, -0.05) is 52.5 Å². The van der Waals surface area contributed by atoms with Gasteiger partial charge in [0.1, 0.15) is 17.2 Å². The van der Waals surface area contributed by atoms with Crippen LogP contribution in [0.3, 0.4) is 0 Å². The highest BCUT2D eigenvalue weighted by molar-refractivity contribution is 6.40. The Balaban J connectivity index is 0.000000419. The van der Waals surface area contributed by atoms with Crippen molar-refractivity contribution in [3.05, 3.63) is 96.3 Å². The van der Waals surface area contributed by atoms with Crippen LogP contribution >= 0.6 is 46.4 Å². The predicted molar refractivity (Wildman–Crippen MR) is 174 cm³/mol. The van der Waals surface area contributed by atoms with E-state index in [9.17, 15) is 45.8 Å². The number of carbonyl (C=O) groups excluding carboxylic acids is 3. The van der Waals surface area contributed by atoms with Crippen LogP contribution in [0.2, 0.25) is 20.1 Å². The molecule has 0 spiro atoms. The second-order valence-corrected chi connectivity index (χ2v) is 11.6. The second-order valence-electron chi connectivity index (χ2n) is 9.97. The smallest absolute Gasteiger partial charge is 0.507 e. The van der Waals surface area contributed by atoms with E-state index < -0.39 is 47.4 Å². The summed E-state index contributed by atoms with van der Waals surface area (Å²) in [5, 5.41) is 11.7. The van der Waals surface area contributed by atoms with Gasteiger partial charge in [0.15, 0.2) is 0 Å². The number of carbonyl (C=O) groups is 3. The number of benzene rings is 3. The van der Waals surface area contributed by atoms with Gasteiger partial charge in [-0.25, -0.2) is 0 Å². The zero-order valence-corrected chi connectivity index (χ0v) is 28.9. The molecule has 0 atom stereocenters. The first-order valence-electron chi connectivity index (χ1n) is 13.6. The Morgan fingerprint density at radius 2 is 1.24 bits per heavy atom. The van der Waals surface area contributed by atoms with Crippen LogP contribution in [-0.2, 0) is 25.5 Å². The molecule has 1 amide bonds. The SMILES string of the molecule is COC1=C(OC)C(=O)C(Cc2ccc(O)c(C(=O)Nc3c(Cl)cc(OC(F)(F)F)cc3Cl)c2)=C(C)C1=O.Nc1c(Cl)cc(OC(F)(F)F)cc1Cl. The average molecular weight is 806 g/mol. The standard InChI is InChI=1S/C24H18Cl2F3NO7.C7H4Cl2F3NO/c1-10-13(20(33)22(36-3)21(35-2)19(10)32)6-11-4-5-17(31)14(7-11)23(34)30-18-15(25)8-12(9-16(18)26)37-24(27,28)29;8-4-1-3(14-7(10,11)12)2-5(9)6(4)13/h4-5,7-9,31H,6H2,1-3H3,(H,30,34);1-2H,13H2. The van der Waals surface area contributed by atoms with Crippen molar-refractivity contribution in [2.24, 2.45) is 0 Å². The number of phenols is 1.